The highest BCUT2D eigenvalue weighted by Gasteiger charge is 2.58. The van der Waals surface area contributed by atoms with Crippen molar-refractivity contribution in [2.75, 3.05) is 26.2 Å². The summed E-state index contributed by atoms with van der Waals surface area (Å²) in [5.41, 5.74) is 3.53. The highest BCUT2D eigenvalue weighted by molar-refractivity contribution is 5.85. The summed E-state index contributed by atoms with van der Waals surface area (Å²) in [6.07, 6.45) is 8.53. The van der Waals surface area contributed by atoms with Crippen molar-refractivity contribution in [3.05, 3.63) is 42.4 Å². The number of fused-ring (bicyclic) bond motifs is 3. The van der Waals surface area contributed by atoms with E-state index in [0.29, 0.717) is 26.1 Å². The summed E-state index contributed by atoms with van der Waals surface area (Å²) in [5, 5.41) is 11.4. The average molecular weight is 435 g/mol. The summed E-state index contributed by atoms with van der Waals surface area (Å²) in [4.78, 5) is 32.8. The van der Waals surface area contributed by atoms with Crippen LogP contribution in [0.1, 0.15) is 50.1 Å². The quantitative estimate of drug-likeness (QED) is 0.805. The van der Waals surface area contributed by atoms with Crippen molar-refractivity contribution in [1.29, 1.82) is 0 Å². The Balaban J connectivity index is 1.11. The second-order valence-electron chi connectivity index (χ2n) is 10.0. The van der Waals surface area contributed by atoms with E-state index >= 15 is 0 Å². The standard InChI is InChI=1S/C25H30N4O3/c30-21-7-3-4-10-28(21)15-22(31)27-11-8-25(9-12-27)13-19(24(25)32)23-18-6-2-1-5-17(18)20-14-26-16-29(20)23/h1-2,5-6,14,16,19,23-24,32H,3-4,7-13,15H2. The lowest BCUT2D eigenvalue weighted by molar-refractivity contribution is -0.165. The van der Waals surface area contributed by atoms with E-state index < -0.39 is 0 Å². The number of aliphatic hydroxyl groups is 1. The van der Waals surface area contributed by atoms with Gasteiger partial charge in [-0.3, -0.25) is 9.59 Å². The minimum atomic E-state index is -0.380. The van der Waals surface area contributed by atoms with Gasteiger partial charge in [0.1, 0.15) is 0 Å². The monoisotopic (exact) mass is 434 g/mol. The number of aliphatic hydroxyl groups excluding tert-OH is 1. The number of hydrogen-bond donors (Lipinski definition) is 1. The number of rotatable bonds is 3. The lowest BCUT2D eigenvalue weighted by Gasteiger charge is -2.58. The van der Waals surface area contributed by atoms with Crippen molar-refractivity contribution in [2.45, 2.75) is 50.7 Å². The van der Waals surface area contributed by atoms with E-state index in [4.69, 9.17) is 0 Å². The predicted octanol–water partition coefficient (Wildman–Crippen LogP) is 2.46. The summed E-state index contributed by atoms with van der Waals surface area (Å²) < 4.78 is 2.22. The fraction of sp³-hybridized carbons (Fsp3) is 0.560. The third-order valence-electron chi connectivity index (χ3n) is 8.46. The van der Waals surface area contributed by atoms with Gasteiger partial charge in [0.2, 0.25) is 11.8 Å². The molecule has 168 valence electrons. The Morgan fingerprint density at radius 2 is 1.97 bits per heavy atom. The zero-order valence-corrected chi connectivity index (χ0v) is 18.3. The first-order valence-corrected chi connectivity index (χ1v) is 11.9. The summed E-state index contributed by atoms with van der Waals surface area (Å²) in [5.74, 6) is 0.319. The van der Waals surface area contributed by atoms with Gasteiger partial charge < -0.3 is 19.5 Å². The smallest absolute Gasteiger partial charge is 0.242 e. The molecule has 7 heteroatoms. The Morgan fingerprint density at radius 3 is 2.75 bits per heavy atom. The van der Waals surface area contributed by atoms with Crippen LogP contribution in [0.4, 0.5) is 0 Å². The van der Waals surface area contributed by atoms with E-state index in [1.165, 1.54) is 11.1 Å². The third kappa shape index (κ3) is 2.94. The third-order valence-corrected chi connectivity index (χ3v) is 8.46. The molecule has 0 radical (unpaired) electrons. The molecule has 1 spiro atoms. The van der Waals surface area contributed by atoms with Crippen LogP contribution in [0.25, 0.3) is 11.3 Å². The normalized spacial score (nSPS) is 28.4. The summed E-state index contributed by atoms with van der Waals surface area (Å²) in [6, 6.07) is 8.58. The van der Waals surface area contributed by atoms with Crippen molar-refractivity contribution in [3.63, 3.8) is 0 Å². The second-order valence-corrected chi connectivity index (χ2v) is 10.0. The van der Waals surface area contributed by atoms with Crippen LogP contribution in [0.15, 0.2) is 36.8 Å². The molecule has 2 aromatic rings. The molecule has 4 heterocycles. The molecule has 1 N–H and O–H groups in total. The van der Waals surface area contributed by atoms with Gasteiger partial charge in [-0.25, -0.2) is 4.98 Å². The van der Waals surface area contributed by atoms with E-state index in [-0.39, 0.29) is 41.8 Å². The molecule has 2 saturated heterocycles. The zero-order valence-electron chi connectivity index (χ0n) is 18.3. The molecule has 6 rings (SSSR count). The first-order valence-electron chi connectivity index (χ1n) is 11.9. The molecular weight excluding hydrogens is 404 g/mol. The van der Waals surface area contributed by atoms with E-state index in [9.17, 15) is 14.7 Å². The van der Waals surface area contributed by atoms with Crippen molar-refractivity contribution in [1.82, 2.24) is 19.4 Å². The van der Waals surface area contributed by atoms with Crippen LogP contribution >= 0.6 is 0 Å². The second kappa shape index (κ2) is 7.44. The number of piperidine rings is 2. The molecule has 3 fully saturated rings. The largest absolute Gasteiger partial charge is 0.392 e. The number of nitrogens with zero attached hydrogens (tertiary/aromatic N) is 4. The van der Waals surface area contributed by atoms with Crippen molar-refractivity contribution >= 4 is 11.8 Å². The van der Waals surface area contributed by atoms with Gasteiger partial charge >= 0.3 is 0 Å². The molecule has 2 amide bonds. The van der Waals surface area contributed by atoms with Gasteiger partial charge in [-0.15, -0.1) is 0 Å². The van der Waals surface area contributed by atoms with Crippen LogP contribution in [0.3, 0.4) is 0 Å². The van der Waals surface area contributed by atoms with E-state index in [1.54, 1.807) is 4.90 Å². The van der Waals surface area contributed by atoms with Crippen molar-refractivity contribution in [2.24, 2.45) is 11.3 Å². The van der Waals surface area contributed by atoms with Gasteiger partial charge in [-0.05, 0) is 37.7 Å². The molecule has 32 heavy (non-hydrogen) atoms. The molecule has 1 aliphatic carbocycles. The van der Waals surface area contributed by atoms with Gasteiger partial charge in [-0.2, -0.15) is 0 Å². The number of carbonyl (C=O) groups excluding carboxylic acids is 2. The maximum absolute atomic E-state index is 12.8. The molecule has 3 atom stereocenters. The van der Waals surface area contributed by atoms with Gasteiger partial charge in [0.25, 0.3) is 0 Å². The number of imidazole rings is 1. The van der Waals surface area contributed by atoms with Crippen LogP contribution in [-0.4, -0.2) is 68.6 Å². The minimum absolute atomic E-state index is 0.0493. The Hall–Kier alpha value is -2.67. The Labute approximate surface area is 188 Å². The summed E-state index contributed by atoms with van der Waals surface area (Å²) in [7, 11) is 0. The SMILES string of the molecule is O=C(CN1CCCCC1=O)N1CCC2(CC1)CC(C1c3ccccc3-c3cncn31)C2O. The number of hydrogen-bond acceptors (Lipinski definition) is 4. The number of aromatic nitrogens is 2. The average Bonchev–Trinajstić information content (AvgIpc) is 3.40. The lowest BCUT2D eigenvalue weighted by atomic mass is 9.53. The van der Waals surface area contributed by atoms with Crippen LogP contribution in [-0.2, 0) is 9.59 Å². The predicted molar refractivity (Wildman–Crippen MR) is 119 cm³/mol. The first kappa shape index (κ1) is 20.0. The molecule has 1 saturated carbocycles. The van der Waals surface area contributed by atoms with Crippen LogP contribution in [0.5, 0.6) is 0 Å². The molecular formula is C25H30N4O3. The van der Waals surface area contributed by atoms with Gasteiger partial charge in [0.05, 0.1) is 36.9 Å². The number of amides is 2. The van der Waals surface area contributed by atoms with E-state index in [1.807, 2.05) is 17.4 Å². The number of carbonyl (C=O) groups is 2. The molecule has 4 aliphatic rings. The molecule has 0 bridgehead atoms. The van der Waals surface area contributed by atoms with Crippen LogP contribution in [0, 0.1) is 11.3 Å². The molecule has 1 aromatic heterocycles. The number of benzene rings is 1. The Bertz CT molecular complexity index is 1050. The first-order chi connectivity index (χ1) is 15.6. The highest BCUT2D eigenvalue weighted by Crippen LogP contribution is 2.59. The molecule has 1 aromatic carbocycles. The van der Waals surface area contributed by atoms with Gasteiger partial charge in [-0.1, -0.05) is 24.3 Å². The number of likely N-dealkylation sites (tertiary alicyclic amines) is 2. The lowest BCUT2D eigenvalue weighted by Crippen LogP contribution is -2.60. The fourth-order valence-electron chi connectivity index (χ4n) is 6.58. The fourth-order valence-corrected chi connectivity index (χ4v) is 6.58. The molecule has 3 unspecified atom stereocenters. The topological polar surface area (TPSA) is 78.7 Å². The summed E-state index contributed by atoms with van der Waals surface area (Å²) >= 11 is 0. The summed E-state index contributed by atoms with van der Waals surface area (Å²) in [6.45, 7) is 2.24. The molecule has 7 nitrogen and oxygen atoms in total. The van der Waals surface area contributed by atoms with E-state index in [2.05, 4.69) is 33.8 Å². The van der Waals surface area contributed by atoms with Crippen LogP contribution in [0.2, 0.25) is 0 Å². The Morgan fingerprint density at radius 1 is 1.16 bits per heavy atom. The maximum Gasteiger partial charge on any atom is 0.242 e. The van der Waals surface area contributed by atoms with E-state index in [0.717, 1.165) is 37.8 Å². The van der Waals surface area contributed by atoms with Gasteiger partial charge in [0.15, 0.2) is 0 Å². The minimum Gasteiger partial charge on any atom is -0.392 e. The van der Waals surface area contributed by atoms with Crippen LogP contribution < -0.4 is 0 Å². The van der Waals surface area contributed by atoms with Crippen molar-refractivity contribution < 1.29 is 14.7 Å². The zero-order chi connectivity index (χ0) is 21.9. The Kier molecular flexibility index (Phi) is 4.64. The molecule has 3 aliphatic heterocycles. The van der Waals surface area contributed by atoms with Crippen molar-refractivity contribution in [3.8, 4) is 11.3 Å². The maximum atomic E-state index is 12.8. The van der Waals surface area contributed by atoms with Gasteiger partial charge in [0, 0.05) is 43.0 Å². The highest BCUT2D eigenvalue weighted by atomic mass is 16.3.